The van der Waals surface area contributed by atoms with Gasteiger partial charge >= 0.3 is 5.97 Å². The maximum absolute atomic E-state index is 12.4. The van der Waals surface area contributed by atoms with E-state index in [1.54, 1.807) is 24.3 Å². The molecule has 0 aliphatic heterocycles. The van der Waals surface area contributed by atoms with Gasteiger partial charge in [-0.2, -0.15) is 0 Å². The van der Waals surface area contributed by atoms with Crippen molar-refractivity contribution in [1.82, 2.24) is 10.6 Å². The van der Waals surface area contributed by atoms with E-state index in [2.05, 4.69) is 24.5 Å². The van der Waals surface area contributed by atoms with Gasteiger partial charge in [-0.1, -0.05) is 38.8 Å². The van der Waals surface area contributed by atoms with E-state index in [9.17, 15) is 14.4 Å². The number of ether oxygens (including phenoxy) is 2. The fourth-order valence-corrected chi connectivity index (χ4v) is 3.56. The van der Waals surface area contributed by atoms with Crippen LogP contribution in [0, 0.1) is 11.8 Å². The first-order chi connectivity index (χ1) is 13.8. The third kappa shape index (κ3) is 6.48. The summed E-state index contributed by atoms with van der Waals surface area (Å²) in [5, 5.41) is 5.51. The lowest BCUT2D eigenvalue weighted by molar-refractivity contribution is -0.154. The molecule has 29 heavy (non-hydrogen) atoms. The van der Waals surface area contributed by atoms with E-state index in [0.717, 1.165) is 12.8 Å². The van der Waals surface area contributed by atoms with E-state index < -0.39 is 18.0 Å². The van der Waals surface area contributed by atoms with Gasteiger partial charge in [0, 0.05) is 6.04 Å². The summed E-state index contributed by atoms with van der Waals surface area (Å²) in [4.78, 5) is 36.8. The summed E-state index contributed by atoms with van der Waals surface area (Å²) in [6.07, 6.45) is 2.27. The highest BCUT2D eigenvalue weighted by Gasteiger charge is 2.30. The molecule has 1 saturated carbocycles. The number of amides is 2. The van der Waals surface area contributed by atoms with Crippen molar-refractivity contribution in [2.45, 2.75) is 59.1 Å². The molecule has 4 atom stereocenters. The SMILES string of the molecule is CCOc1ccccc1C(=O)NCC(=O)O[C@H](C)C(=O)N[C@@H]1CCC[C@H](C)[C@@H]1C. The molecule has 0 aromatic heterocycles. The van der Waals surface area contributed by atoms with Crippen LogP contribution in [0.3, 0.4) is 0 Å². The second kappa shape index (κ2) is 10.8. The van der Waals surface area contributed by atoms with Gasteiger partial charge in [-0.15, -0.1) is 0 Å². The van der Waals surface area contributed by atoms with Crippen LogP contribution in [0.1, 0.15) is 57.3 Å². The van der Waals surface area contributed by atoms with Gasteiger partial charge in [0.2, 0.25) is 0 Å². The number of rotatable bonds is 8. The second-order valence-corrected chi connectivity index (χ2v) is 7.63. The van der Waals surface area contributed by atoms with Crippen LogP contribution in [0.4, 0.5) is 0 Å². The molecule has 1 aromatic carbocycles. The lowest BCUT2D eigenvalue weighted by atomic mass is 9.78. The normalized spacial score (nSPS) is 22.3. The topological polar surface area (TPSA) is 93.7 Å². The highest BCUT2D eigenvalue weighted by atomic mass is 16.5. The van der Waals surface area contributed by atoms with Crippen molar-refractivity contribution in [2.24, 2.45) is 11.8 Å². The zero-order chi connectivity index (χ0) is 21.4. The zero-order valence-corrected chi connectivity index (χ0v) is 17.7. The molecular formula is C22H32N2O5. The third-order valence-corrected chi connectivity index (χ3v) is 5.54. The van der Waals surface area contributed by atoms with Gasteiger partial charge < -0.3 is 20.1 Å². The summed E-state index contributed by atoms with van der Waals surface area (Å²) < 4.78 is 10.6. The number of esters is 1. The van der Waals surface area contributed by atoms with Crippen LogP contribution in [0.15, 0.2) is 24.3 Å². The average molecular weight is 405 g/mol. The van der Waals surface area contributed by atoms with Crippen molar-refractivity contribution in [3.8, 4) is 5.75 Å². The summed E-state index contributed by atoms with van der Waals surface area (Å²) in [7, 11) is 0. The number of carbonyl (C=O) groups is 3. The van der Waals surface area contributed by atoms with Gasteiger partial charge in [0.15, 0.2) is 6.10 Å². The molecule has 2 rings (SSSR count). The fraction of sp³-hybridized carbons (Fsp3) is 0.591. The van der Waals surface area contributed by atoms with Crippen LogP contribution < -0.4 is 15.4 Å². The Morgan fingerprint density at radius 1 is 1.17 bits per heavy atom. The van der Waals surface area contributed by atoms with E-state index in [1.807, 2.05) is 6.92 Å². The highest BCUT2D eigenvalue weighted by Crippen LogP contribution is 2.29. The number of benzene rings is 1. The van der Waals surface area contributed by atoms with E-state index in [4.69, 9.17) is 9.47 Å². The number of hydrogen-bond donors (Lipinski definition) is 2. The number of para-hydroxylation sites is 1. The summed E-state index contributed by atoms with van der Waals surface area (Å²) in [5.74, 6) is -0.0168. The van der Waals surface area contributed by atoms with E-state index in [0.29, 0.717) is 29.8 Å². The lowest BCUT2D eigenvalue weighted by Gasteiger charge is -2.35. The minimum atomic E-state index is -0.917. The first-order valence-corrected chi connectivity index (χ1v) is 10.3. The smallest absolute Gasteiger partial charge is 0.326 e. The molecule has 0 radical (unpaired) electrons. The maximum atomic E-state index is 12.4. The van der Waals surface area contributed by atoms with E-state index in [1.165, 1.54) is 13.3 Å². The van der Waals surface area contributed by atoms with Crippen LogP contribution in [0.25, 0.3) is 0 Å². The summed E-state index contributed by atoms with van der Waals surface area (Å²) >= 11 is 0. The van der Waals surface area contributed by atoms with Gasteiger partial charge in [0.05, 0.1) is 12.2 Å². The Bertz CT molecular complexity index is 721. The predicted molar refractivity (Wildman–Crippen MR) is 110 cm³/mol. The van der Waals surface area contributed by atoms with Crippen LogP contribution >= 0.6 is 0 Å². The van der Waals surface area contributed by atoms with Crippen molar-refractivity contribution in [3.63, 3.8) is 0 Å². The molecular weight excluding hydrogens is 372 g/mol. The Morgan fingerprint density at radius 2 is 1.90 bits per heavy atom. The van der Waals surface area contributed by atoms with Crippen LogP contribution in [-0.4, -0.2) is 43.1 Å². The summed E-state index contributed by atoms with van der Waals surface area (Å²) in [6.45, 7) is 7.80. The second-order valence-electron chi connectivity index (χ2n) is 7.63. The van der Waals surface area contributed by atoms with E-state index >= 15 is 0 Å². The first-order valence-electron chi connectivity index (χ1n) is 10.3. The molecule has 1 aliphatic rings. The molecule has 0 saturated heterocycles. The predicted octanol–water partition coefficient (Wildman–Crippen LogP) is 2.69. The van der Waals surface area contributed by atoms with Gasteiger partial charge in [-0.25, -0.2) is 0 Å². The summed E-state index contributed by atoms with van der Waals surface area (Å²) in [5.41, 5.74) is 0.341. The minimum Gasteiger partial charge on any atom is -0.493 e. The first kappa shape index (κ1) is 22.7. The molecule has 7 heteroatoms. The average Bonchev–Trinajstić information content (AvgIpc) is 2.70. The largest absolute Gasteiger partial charge is 0.493 e. The highest BCUT2D eigenvalue weighted by molar-refractivity contribution is 5.98. The molecule has 1 aliphatic carbocycles. The molecule has 7 nitrogen and oxygen atoms in total. The monoisotopic (exact) mass is 404 g/mol. The van der Waals surface area contributed by atoms with Crippen molar-refractivity contribution < 1.29 is 23.9 Å². The van der Waals surface area contributed by atoms with Gasteiger partial charge in [0.25, 0.3) is 11.8 Å². The number of nitrogens with one attached hydrogen (secondary N) is 2. The standard InChI is InChI=1S/C22H32N2O5/c1-5-28-19-12-7-6-10-17(19)22(27)23-13-20(25)29-16(4)21(26)24-18-11-8-9-14(2)15(18)3/h6-7,10,12,14-16,18H,5,8-9,11,13H2,1-4H3,(H,23,27)(H,24,26)/t14-,15-,16+,18+/m0/s1. The molecule has 0 bridgehead atoms. The lowest BCUT2D eigenvalue weighted by Crippen LogP contribution is -2.48. The van der Waals surface area contributed by atoms with Crippen LogP contribution in [0.5, 0.6) is 5.75 Å². The van der Waals surface area contributed by atoms with Gasteiger partial charge in [-0.05, 0) is 44.2 Å². The quantitative estimate of drug-likeness (QED) is 0.650. The summed E-state index contributed by atoms with van der Waals surface area (Å²) in [6, 6.07) is 6.89. The Hall–Kier alpha value is -2.57. The molecule has 1 aromatic rings. The van der Waals surface area contributed by atoms with Crippen molar-refractivity contribution in [1.29, 1.82) is 0 Å². The number of hydrogen-bond acceptors (Lipinski definition) is 5. The Balaban J connectivity index is 1.81. The van der Waals surface area contributed by atoms with E-state index in [-0.39, 0.29) is 18.5 Å². The third-order valence-electron chi connectivity index (χ3n) is 5.54. The maximum Gasteiger partial charge on any atom is 0.326 e. The molecule has 2 N–H and O–H groups in total. The molecule has 2 amide bonds. The van der Waals surface area contributed by atoms with Crippen molar-refractivity contribution >= 4 is 17.8 Å². The van der Waals surface area contributed by atoms with Gasteiger partial charge in [0.1, 0.15) is 12.3 Å². The molecule has 160 valence electrons. The molecule has 0 unspecified atom stereocenters. The molecule has 1 fully saturated rings. The minimum absolute atomic E-state index is 0.0992. The molecule has 0 spiro atoms. The Morgan fingerprint density at radius 3 is 2.62 bits per heavy atom. The number of carbonyl (C=O) groups excluding carboxylic acids is 3. The molecule has 0 heterocycles. The zero-order valence-electron chi connectivity index (χ0n) is 17.7. The fourth-order valence-electron chi connectivity index (χ4n) is 3.56. The van der Waals surface area contributed by atoms with Gasteiger partial charge in [-0.3, -0.25) is 14.4 Å². The Labute approximate surface area is 172 Å². The Kier molecular flexibility index (Phi) is 8.49. The van der Waals surface area contributed by atoms with Crippen molar-refractivity contribution in [3.05, 3.63) is 29.8 Å². The van der Waals surface area contributed by atoms with Crippen LogP contribution in [-0.2, 0) is 14.3 Å². The van der Waals surface area contributed by atoms with Crippen LogP contribution in [0.2, 0.25) is 0 Å². The van der Waals surface area contributed by atoms with Crippen molar-refractivity contribution in [2.75, 3.05) is 13.2 Å².